The Balaban J connectivity index is 1.60. The zero-order valence-electron chi connectivity index (χ0n) is 13.0. The van der Waals surface area contributed by atoms with Crippen LogP contribution in [0.25, 0.3) is 5.78 Å². The van der Waals surface area contributed by atoms with Gasteiger partial charge in [0.2, 0.25) is 5.91 Å². The Morgan fingerprint density at radius 3 is 2.96 bits per heavy atom. The van der Waals surface area contributed by atoms with Crippen LogP contribution in [-0.4, -0.2) is 36.2 Å². The van der Waals surface area contributed by atoms with Gasteiger partial charge in [-0.2, -0.15) is 0 Å². The number of anilines is 1. The highest BCUT2D eigenvalue weighted by Gasteiger charge is 2.18. The highest BCUT2D eigenvalue weighted by molar-refractivity contribution is 7.99. The average Bonchev–Trinajstić information content (AvgIpc) is 3.11. The van der Waals surface area contributed by atoms with E-state index in [0.29, 0.717) is 16.1 Å². The smallest absolute Gasteiger partial charge is 0.255 e. The third kappa shape index (κ3) is 3.67. The number of carbonyl (C=O) groups excluding carboxylic acids is 1. The monoisotopic (exact) mass is 348 g/mol. The molecule has 0 aliphatic rings. The summed E-state index contributed by atoms with van der Waals surface area (Å²) in [4.78, 5) is 20.6. The number of hydrogen-bond acceptors (Lipinski definition) is 7. The molecule has 1 amide bonds. The Morgan fingerprint density at radius 2 is 2.22 bits per heavy atom. The quantitative estimate of drug-likeness (QED) is 0.730. The van der Waals surface area contributed by atoms with E-state index in [9.17, 15) is 4.79 Å². The maximum atomic E-state index is 12.1. The van der Waals surface area contributed by atoms with Gasteiger partial charge in [0.25, 0.3) is 5.78 Å². The number of carbonyl (C=O) groups is 1. The van der Waals surface area contributed by atoms with E-state index in [0.717, 1.165) is 5.69 Å². The first-order chi connectivity index (χ1) is 10.9. The van der Waals surface area contributed by atoms with Crippen molar-refractivity contribution in [2.45, 2.75) is 31.3 Å². The number of hydrogen-bond donors (Lipinski definition) is 1. The second-order valence-corrected chi connectivity index (χ2v) is 7.70. The van der Waals surface area contributed by atoms with Gasteiger partial charge < -0.3 is 5.32 Å². The predicted octanol–water partition coefficient (Wildman–Crippen LogP) is 2.61. The molecule has 3 aromatic heterocycles. The number of thioether (sulfide) groups is 1. The van der Waals surface area contributed by atoms with E-state index in [4.69, 9.17) is 0 Å². The van der Waals surface area contributed by atoms with Gasteiger partial charge >= 0.3 is 0 Å². The van der Waals surface area contributed by atoms with Gasteiger partial charge in [0.1, 0.15) is 0 Å². The molecular weight excluding hydrogens is 332 g/mol. The van der Waals surface area contributed by atoms with E-state index < -0.39 is 0 Å². The third-order valence-electron chi connectivity index (χ3n) is 3.01. The topological polar surface area (TPSA) is 85.1 Å². The number of thiazole rings is 1. The van der Waals surface area contributed by atoms with Crippen LogP contribution in [0, 0.1) is 0 Å². The van der Waals surface area contributed by atoms with Crippen molar-refractivity contribution in [2.75, 3.05) is 11.1 Å². The molecule has 3 heterocycles. The fourth-order valence-corrected chi connectivity index (χ4v) is 3.45. The summed E-state index contributed by atoms with van der Waals surface area (Å²) in [5.41, 5.74) is 0.946. The van der Waals surface area contributed by atoms with Crippen LogP contribution in [0.5, 0.6) is 0 Å². The van der Waals surface area contributed by atoms with Crippen molar-refractivity contribution >= 4 is 39.9 Å². The second-order valence-electron chi connectivity index (χ2n) is 5.90. The normalized spacial score (nSPS) is 11.8. The van der Waals surface area contributed by atoms with Crippen LogP contribution in [0.2, 0.25) is 0 Å². The maximum absolute atomic E-state index is 12.1. The number of nitrogens with zero attached hydrogens (tertiary/aromatic N) is 5. The molecule has 0 aliphatic heterocycles. The van der Waals surface area contributed by atoms with E-state index in [1.54, 1.807) is 16.7 Å². The third-order valence-corrected chi connectivity index (χ3v) is 4.71. The molecular formula is C14H16N6OS2. The van der Waals surface area contributed by atoms with E-state index in [1.165, 1.54) is 23.1 Å². The summed E-state index contributed by atoms with van der Waals surface area (Å²) in [6, 6.07) is 1.80. The summed E-state index contributed by atoms with van der Waals surface area (Å²) in [7, 11) is 0. The molecule has 9 heteroatoms. The minimum absolute atomic E-state index is 0.0261. The molecule has 0 unspecified atom stereocenters. The van der Waals surface area contributed by atoms with Crippen molar-refractivity contribution in [3.8, 4) is 0 Å². The minimum Gasteiger partial charge on any atom is -0.301 e. The molecule has 0 aliphatic carbocycles. The van der Waals surface area contributed by atoms with E-state index >= 15 is 0 Å². The Bertz CT molecular complexity index is 835. The fraction of sp³-hybridized carbons (Fsp3) is 0.357. The van der Waals surface area contributed by atoms with E-state index in [-0.39, 0.29) is 17.1 Å². The molecule has 3 aromatic rings. The number of nitrogens with one attached hydrogen (secondary N) is 1. The molecule has 0 aromatic carbocycles. The summed E-state index contributed by atoms with van der Waals surface area (Å²) in [5.74, 6) is 0.635. The zero-order chi connectivity index (χ0) is 16.4. The lowest BCUT2D eigenvalue weighted by Crippen LogP contribution is -2.15. The average molecular weight is 348 g/mol. The van der Waals surface area contributed by atoms with Gasteiger partial charge in [-0.25, -0.2) is 9.97 Å². The van der Waals surface area contributed by atoms with E-state index in [2.05, 4.69) is 46.3 Å². The lowest BCUT2D eigenvalue weighted by atomic mass is 9.93. The van der Waals surface area contributed by atoms with Gasteiger partial charge in [0, 0.05) is 23.2 Å². The van der Waals surface area contributed by atoms with Crippen molar-refractivity contribution in [2.24, 2.45) is 0 Å². The Morgan fingerprint density at radius 1 is 1.39 bits per heavy atom. The highest BCUT2D eigenvalue weighted by atomic mass is 32.2. The van der Waals surface area contributed by atoms with Gasteiger partial charge in [0.15, 0.2) is 10.3 Å². The standard InChI is InChI=1S/C14H16N6OS2/c1-14(2,3)9-7-22-12(16-9)17-10(21)8-23-13-19-18-11-15-5-4-6-20(11)13/h4-7H,8H2,1-3H3,(H,16,17,21). The molecule has 0 saturated carbocycles. The number of amides is 1. The van der Waals surface area contributed by atoms with Crippen LogP contribution in [-0.2, 0) is 10.2 Å². The van der Waals surface area contributed by atoms with Crippen molar-refractivity contribution < 1.29 is 4.79 Å². The second kappa shape index (κ2) is 6.25. The van der Waals surface area contributed by atoms with Gasteiger partial charge in [-0.3, -0.25) is 9.20 Å². The highest BCUT2D eigenvalue weighted by Crippen LogP contribution is 2.26. The Hall–Kier alpha value is -2.00. The predicted molar refractivity (Wildman–Crippen MR) is 90.9 cm³/mol. The molecule has 0 radical (unpaired) electrons. The van der Waals surface area contributed by atoms with Gasteiger partial charge in [0.05, 0.1) is 11.4 Å². The number of aromatic nitrogens is 5. The molecule has 23 heavy (non-hydrogen) atoms. The first-order valence-corrected chi connectivity index (χ1v) is 8.84. The minimum atomic E-state index is -0.120. The Kier molecular flexibility index (Phi) is 4.31. The number of fused-ring (bicyclic) bond motifs is 1. The van der Waals surface area contributed by atoms with Gasteiger partial charge in [-0.05, 0) is 6.07 Å². The molecule has 1 N–H and O–H groups in total. The van der Waals surface area contributed by atoms with Crippen LogP contribution in [0.15, 0.2) is 29.0 Å². The van der Waals surface area contributed by atoms with Gasteiger partial charge in [-0.15, -0.1) is 21.5 Å². The SMILES string of the molecule is CC(C)(C)c1csc(NC(=O)CSc2nnc3ncccn23)n1. The lowest BCUT2D eigenvalue weighted by Gasteiger charge is -2.14. The summed E-state index contributed by atoms with van der Waals surface area (Å²) in [6.45, 7) is 6.27. The summed E-state index contributed by atoms with van der Waals surface area (Å²) < 4.78 is 1.75. The van der Waals surface area contributed by atoms with Crippen LogP contribution in [0.4, 0.5) is 5.13 Å². The molecule has 0 fully saturated rings. The maximum Gasteiger partial charge on any atom is 0.255 e. The number of rotatable bonds is 4. The van der Waals surface area contributed by atoms with Crippen molar-refractivity contribution in [1.82, 2.24) is 24.6 Å². The van der Waals surface area contributed by atoms with Crippen LogP contribution < -0.4 is 5.32 Å². The zero-order valence-corrected chi connectivity index (χ0v) is 14.6. The van der Waals surface area contributed by atoms with Crippen LogP contribution >= 0.6 is 23.1 Å². The first kappa shape index (κ1) is 15.9. The summed E-state index contributed by atoms with van der Waals surface area (Å²) >= 11 is 2.75. The van der Waals surface area contributed by atoms with Crippen molar-refractivity contribution in [3.63, 3.8) is 0 Å². The fourth-order valence-electron chi connectivity index (χ4n) is 1.78. The molecule has 0 bridgehead atoms. The molecule has 7 nitrogen and oxygen atoms in total. The first-order valence-electron chi connectivity index (χ1n) is 6.98. The largest absolute Gasteiger partial charge is 0.301 e. The van der Waals surface area contributed by atoms with Crippen LogP contribution in [0.1, 0.15) is 26.5 Å². The Labute approximate surface area is 141 Å². The lowest BCUT2D eigenvalue weighted by molar-refractivity contribution is -0.113. The summed E-state index contributed by atoms with van der Waals surface area (Å²) in [5, 5.41) is 14.0. The van der Waals surface area contributed by atoms with Crippen LogP contribution in [0.3, 0.4) is 0 Å². The molecule has 0 saturated heterocycles. The van der Waals surface area contributed by atoms with Crippen molar-refractivity contribution in [3.05, 3.63) is 29.5 Å². The molecule has 3 rings (SSSR count). The molecule has 0 atom stereocenters. The van der Waals surface area contributed by atoms with Gasteiger partial charge in [-0.1, -0.05) is 32.5 Å². The van der Waals surface area contributed by atoms with E-state index in [1.807, 2.05) is 11.6 Å². The van der Waals surface area contributed by atoms with Crippen molar-refractivity contribution in [1.29, 1.82) is 0 Å². The molecule has 120 valence electrons. The molecule has 0 spiro atoms. The summed E-state index contributed by atoms with van der Waals surface area (Å²) in [6.07, 6.45) is 3.47.